The van der Waals surface area contributed by atoms with E-state index in [0.717, 1.165) is 11.8 Å². The first kappa shape index (κ1) is 8.75. The Morgan fingerprint density at radius 3 is 2.29 bits per heavy atom. The van der Waals surface area contributed by atoms with Gasteiger partial charge in [-0.3, -0.25) is 4.79 Å². The van der Waals surface area contributed by atoms with Crippen LogP contribution in [0.3, 0.4) is 0 Å². The topological polar surface area (TPSA) is 20.3 Å². The third-order valence-electron chi connectivity index (χ3n) is 4.56. The van der Waals surface area contributed by atoms with Gasteiger partial charge in [-0.05, 0) is 50.4 Å². The fourth-order valence-corrected chi connectivity index (χ4v) is 3.16. The standard InChI is InChI=1S/C12H19NO/c1-13(11-3-2-4-11)12(14)10-6-8-5-9(8)7-10/h8-11H,2-7H2,1H3. The minimum Gasteiger partial charge on any atom is -0.343 e. The van der Waals surface area contributed by atoms with E-state index in [1.54, 1.807) is 0 Å². The molecule has 3 aliphatic rings. The first-order chi connectivity index (χ1) is 6.75. The lowest BCUT2D eigenvalue weighted by atomic mass is 9.90. The molecule has 0 spiro atoms. The van der Waals surface area contributed by atoms with E-state index in [1.165, 1.54) is 38.5 Å². The summed E-state index contributed by atoms with van der Waals surface area (Å²) in [4.78, 5) is 14.1. The van der Waals surface area contributed by atoms with Crippen LogP contribution in [0.5, 0.6) is 0 Å². The summed E-state index contributed by atoms with van der Waals surface area (Å²) in [6, 6.07) is 0.583. The van der Waals surface area contributed by atoms with Gasteiger partial charge in [-0.2, -0.15) is 0 Å². The summed E-state index contributed by atoms with van der Waals surface area (Å²) in [7, 11) is 2.01. The highest BCUT2D eigenvalue weighted by molar-refractivity contribution is 5.79. The zero-order valence-corrected chi connectivity index (χ0v) is 8.91. The molecule has 3 aliphatic carbocycles. The molecular weight excluding hydrogens is 174 g/mol. The molecule has 1 amide bonds. The quantitative estimate of drug-likeness (QED) is 0.657. The first-order valence-electron chi connectivity index (χ1n) is 6.02. The molecule has 0 aliphatic heterocycles. The predicted molar refractivity (Wildman–Crippen MR) is 54.7 cm³/mol. The molecule has 78 valence electrons. The van der Waals surface area contributed by atoms with E-state index in [9.17, 15) is 4.79 Å². The van der Waals surface area contributed by atoms with Gasteiger partial charge in [0.15, 0.2) is 0 Å². The Labute approximate surface area is 85.7 Å². The maximum atomic E-state index is 12.1. The van der Waals surface area contributed by atoms with Gasteiger partial charge in [0.25, 0.3) is 0 Å². The molecule has 3 fully saturated rings. The molecule has 0 N–H and O–H groups in total. The average molecular weight is 193 g/mol. The van der Waals surface area contributed by atoms with Gasteiger partial charge >= 0.3 is 0 Å². The minimum atomic E-state index is 0.393. The second-order valence-corrected chi connectivity index (χ2v) is 5.46. The predicted octanol–water partition coefficient (Wildman–Crippen LogP) is 2.04. The normalized spacial score (nSPS) is 40.2. The number of rotatable bonds is 2. The lowest BCUT2D eigenvalue weighted by Crippen LogP contribution is -2.43. The van der Waals surface area contributed by atoms with E-state index in [-0.39, 0.29) is 0 Å². The number of hydrogen-bond acceptors (Lipinski definition) is 1. The van der Waals surface area contributed by atoms with E-state index in [2.05, 4.69) is 0 Å². The molecule has 3 saturated carbocycles. The van der Waals surface area contributed by atoms with Crippen molar-refractivity contribution < 1.29 is 4.79 Å². The zero-order chi connectivity index (χ0) is 9.71. The SMILES string of the molecule is CN(C(=O)C1CC2CC2C1)C1CCC1. The summed E-state index contributed by atoms with van der Waals surface area (Å²) in [5, 5.41) is 0. The van der Waals surface area contributed by atoms with Crippen LogP contribution in [0, 0.1) is 17.8 Å². The van der Waals surface area contributed by atoms with Crippen LogP contribution in [0.2, 0.25) is 0 Å². The molecule has 0 bridgehead atoms. The first-order valence-corrected chi connectivity index (χ1v) is 6.02. The highest BCUT2D eigenvalue weighted by Gasteiger charge is 2.49. The lowest BCUT2D eigenvalue weighted by molar-refractivity contribution is -0.138. The molecule has 2 heteroatoms. The van der Waals surface area contributed by atoms with Gasteiger partial charge in [-0.15, -0.1) is 0 Å². The highest BCUT2D eigenvalue weighted by Crippen LogP contribution is 2.54. The van der Waals surface area contributed by atoms with Crippen LogP contribution in [0.25, 0.3) is 0 Å². The van der Waals surface area contributed by atoms with E-state index in [0.29, 0.717) is 17.9 Å². The van der Waals surface area contributed by atoms with Crippen LogP contribution in [-0.2, 0) is 4.79 Å². The number of hydrogen-bond donors (Lipinski definition) is 0. The lowest BCUT2D eigenvalue weighted by Gasteiger charge is -2.36. The third-order valence-corrected chi connectivity index (χ3v) is 4.56. The van der Waals surface area contributed by atoms with E-state index in [4.69, 9.17) is 0 Å². The number of amides is 1. The number of nitrogens with zero attached hydrogens (tertiary/aromatic N) is 1. The highest BCUT2D eigenvalue weighted by atomic mass is 16.2. The largest absolute Gasteiger partial charge is 0.343 e. The molecule has 2 atom stereocenters. The Morgan fingerprint density at radius 2 is 1.79 bits per heavy atom. The molecular formula is C12H19NO. The number of carbonyl (C=O) groups excluding carboxylic acids is 1. The monoisotopic (exact) mass is 193 g/mol. The van der Waals surface area contributed by atoms with Crippen LogP contribution < -0.4 is 0 Å². The van der Waals surface area contributed by atoms with Crippen LogP contribution >= 0.6 is 0 Å². The maximum absolute atomic E-state index is 12.1. The van der Waals surface area contributed by atoms with Crippen molar-refractivity contribution in [3.63, 3.8) is 0 Å². The summed E-state index contributed by atoms with van der Waals surface area (Å²) in [5.41, 5.74) is 0. The summed E-state index contributed by atoms with van der Waals surface area (Å²) in [5.74, 6) is 2.70. The molecule has 2 nitrogen and oxygen atoms in total. The molecule has 0 heterocycles. The Kier molecular flexibility index (Phi) is 1.86. The van der Waals surface area contributed by atoms with Crippen molar-refractivity contribution in [2.75, 3.05) is 7.05 Å². The van der Waals surface area contributed by atoms with Gasteiger partial charge in [0.2, 0.25) is 5.91 Å². The summed E-state index contributed by atoms with van der Waals surface area (Å²) < 4.78 is 0. The smallest absolute Gasteiger partial charge is 0.225 e. The van der Waals surface area contributed by atoms with Gasteiger partial charge in [-0.1, -0.05) is 0 Å². The fourth-order valence-electron chi connectivity index (χ4n) is 3.16. The second-order valence-electron chi connectivity index (χ2n) is 5.46. The van der Waals surface area contributed by atoms with Crippen LogP contribution in [0.15, 0.2) is 0 Å². The van der Waals surface area contributed by atoms with E-state index >= 15 is 0 Å². The van der Waals surface area contributed by atoms with Crippen molar-refractivity contribution >= 4 is 5.91 Å². The molecule has 0 radical (unpaired) electrons. The Bertz CT molecular complexity index is 245. The molecule has 3 rings (SSSR count). The van der Waals surface area contributed by atoms with Gasteiger partial charge in [0.1, 0.15) is 0 Å². The third kappa shape index (κ3) is 1.27. The van der Waals surface area contributed by atoms with Crippen molar-refractivity contribution in [3.8, 4) is 0 Å². The Balaban J connectivity index is 1.58. The number of fused-ring (bicyclic) bond motifs is 1. The van der Waals surface area contributed by atoms with Crippen LogP contribution in [0.4, 0.5) is 0 Å². The molecule has 2 unspecified atom stereocenters. The zero-order valence-electron chi connectivity index (χ0n) is 8.91. The Morgan fingerprint density at radius 1 is 1.14 bits per heavy atom. The van der Waals surface area contributed by atoms with E-state index < -0.39 is 0 Å². The molecule has 14 heavy (non-hydrogen) atoms. The summed E-state index contributed by atoms with van der Waals surface area (Å²) in [6.07, 6.45) is 7.60. The molecule has 0 saturated heterocycles. The molecule has 0 aromatic heterocycles. The van der Waals surface area contributed by atoms with Crippen LogP contribution in [0.1, 0.15) is 38.5 Å². The summed E-state index contributed by atoms with van der Waals surface area (Å²) in [6.45, 7) is 0. The molecule has 0 aromatic carbocycles. The van der Waals surface area contributed by atoms with Gasteiger partial charge < -0.3 is 4.90 Å². The van der Waals surface area contributed by atoms with Gasteiger partial charge in [0, 0.05) is 19.0 Å². The van der Waals surface area contributed by atoms with Crippen LogP contribution in [-0.4, -0.2) is 23.9 Å². The van der Waals surface area contributed by atoms with Crippen molar-refractivity contribution in [1.29, 1.82) is 0 Å². The van der Waals surface area contributed by atoms with Crippen molar-refractivity contribution in [1.82, 2.24) is 4.90 Å². The average Bonchev–Trinajstić information content (AvgIpc) is 2.69. The van der Waals surface area contributed by atoms with Crippen molar-refractivity contribution in [2.24, 2.45) is 17.8 Å². The van der Waals surface area contributed by atoms with Gasteiger partial charge in [-0.25, -0.2) is 0 Å². The minimum absolute atomic E-state index is 0.393. The molecule has 0 aromatic rings. The fraction of sp³-hybridized carbons (Fsp3) is 0.917. The number of carbonyl (C=O) groups is 1. The van der Waals surface area contributed by atoms with Gasteiger partial charge in [0.05, 0.1) is 0 Å². The van der Waals surface area contributed by atoms with E-state index in [1.807, 2.05) is 11.9 Å². The second kappa shape index (κ2) is 2.98. The van der Waals surface area contributed by atoms with Crippen molar-refractivity contribution in [3.05, 3.63) is 0 Å². The summed E-state index contributed by atoms with van der Waals surface area (Å²) >= 11 is 0. The van der Waals surface area contributed by atoms with Crippen molar-refractivity contribution in [2.45, 2.75) is 44.6 Å². The maximum Gasteiger partial charge on any atom is 0.225 e. The Hall–Kier alpha value is -0.530.